The largest absolute Gasteiger partial charge is 0.505 e. The van der Waals surface area contributed by atoms with Crippen LogP contribution in [0.5, 0.6) is 5.75 Å². The highest BCUT2D eigenvalue weighted by Gasteiger charge is 2.26. The number of aromatic hydroxyl groups is 1. The summed E-state index contributed by atoms with van der Waals surface area (Å²) in [6.07, 6.45) is -0.259. The maximum Gasteiger partial charge on any atom is 0.410 e. The van der Waals surface area contributed by atoms with Crippen LogP contribution >= 0.6 is 31.9 Å². The Labute approximate surface area is 175 Å². The molecule has 2 aromatic rings. The molecule has 146 valence electrons. The number of aromatic nitrogens is 1. The van der Waals surface area contributed by atoms with Gasteiger partial charge in [0.05, 0.1) is 10.2 Å². The molecular formula is C19H23Br2N3O3. The first-order chi connectivity index (χ1) is 12.6. The second-order valence-corrected chi connectivity index (χ2v) is 9.34. The molecule has 8 heteroatoms. The van der Waals surface area contributed by atoms with Gasteiger partial charge in [0.25, 0.3) is 0 Å². The standard InChI is InChI=1S/C19H23Br2N3O3/c1-19(2,3)27-18(26)24-8-6-23(7-9-24)11-12-4-5-13-14(20)10-15(21)17(25)16(13)22-12/h4-5,10,25H,6-9,11H2,1-3H3. The van der Waals surface area contributed by atoms with Gasteiger partial charge in [0.15, 0.2) is 5.75 Å². The Morgan fingerprint density at radius 1 is 1.19 bits per heavy atom. The predicted octanol–water partition coefficient (Wildman–Crippen LogP) is 4.52. The van der Waals surface area contributed by atoms with Gasteiger partial charge >= 0.3 is 6.09 Å². The van der Waals surface area contributed by atoms with Crippen LogP contribution in [0.25, 0.3) is 10.9 Å². The quantitative estimate of drug-likeness (QED) is 0.656. The number of carbonyl (C=O) groups is 1. The molecule has 1 amide bonds. The third kappa shape index (κ3) is 4.92. The summed E-state index contributed by atoms with van der Waals surface area (Å²) in [5.41, 5.74) is 0.975. The van der Waals surface area contributed by atoms with Crippen LogP contribution in [0.4, 0.5) is 4.79 Å². The van der Waals surface area contributed by atoms with E-state index < -0.39 is 5.60 Å². The fourth-order valence-corrected chi connectivity index (χ4v) is 4.25. The molecule has 1 aromatic heterocycles. The van der Waals surface area contributed by atoms with Gasteiger partial charge < -0.3 is 14.7 Å². The molecule has 0 spiro atoms. The van der Waals surface area contributed by atoms with Crippen molar-refractivity contribution >= 4 is 48.9 Å². The van der Waals surface area contributed by atoms with E-state index in [0.717, 1.165) is 28.6 Å². The van der Waals surface area contributed by atoms with Gasteiger partial charge in [-0.15, -0.1) is 0 Å². The third-order valence-corrected chi connectivity index (χ3v) is 5.58. The number of pyridine rings is 1. The van der Waals surface area contributed by atoms with Gasteiger partial charge in [-0.05, 0) is 54.9 Å². The van der Waals surface area contributed by atoms with Crippen LogP contribution in [0, 0.1) is 0 Å². The Morgan fingerprint density at radius 2 is 1.85 bits per heavy atom. The molecule has 1 aromatic carbocycles. The number of piperazine rings is 1. The van der Waals surface area contributed by atoms with Crippen LogP contribution < -0.4 is 0 Å². The molecule has 0 saturated carbocycles. The van der Waals surface area contributed by atoms with Crippen LogP contribution in [0.3, 0.4) is 0 Å². The van der Waals surface area contributed by atoms with Crippen LogP contribution in [0.2, 0.25) is 0 Å². The smallest absolute Gasteiger partial charge is 0.410 e. The summed E-state index contributed by atoms with van der Waals surface area (Å²) < 4.78 is 6.92. The summed E-state index contributed by atoms with van der Waals surface area (Å²) in [7, 11) is 0. The number of ether oxygens (including phenoxy) is 1. The van der Waals surface area contributed by atoms with E-state index >= 15 is 0 Å². The molecule has 3 rings (SSSR count). The number of fused-ring (bicyclic) bond motifs is 1. The van der Waals surface area contributed by atoms with Crippen molar-refractivity contribution in [1.29, 1.82) is 0 Å². The molecule has 1 saturated heterocycles. The molecule has 1 fully saturated rings. The number of nitrogens with zero attached hydrogens (tertiary/aromatic N) is 3. The minimum Gasteiger partial charge on any atom is -0.505 e. The average molecular weight is 501 g/mol. The van der Waals surface area contributed by atoms with E-state index in [1.807, 2.05) is 39.0 Å². The lowest BCUT2D eigenvalue weighted by molar-refractivity contribution is 0.0138. The van der Waals surface area contributed by atoms with Gasteiger partial charge in [0, 0.05) is 42.6 Å². The van der Waals surface area contributed by atoms with E-state index in [0.29, 0.717) is 29.6 Å². The van der Waals surface area contributed by atoms with Crippen molar-refractivity contribution in [2.24, 2.45) is 0 Å². The second kappa shape index (κ2) is 7.93. The Balaban J connectivity index is 1.66. The van der Waals surface area contributed by atoms with Crippen LogP contribution in [0.1, 0.15) is 26.5 Å². The average Bonchev–Trinajstić information content (AvgIpc) is 2.59. The minimum absolute atomic E-state index is 0.143. The zero-order chi connectivity index (χ0) is 19.8. The fourth-order valence-electron chi connectivity index (χ4n) is 2.98. The van der Waals surface area contributed by atoms with Crippen LogP contribution in [-0.4, -0.2) is 57.8 Å². The van der Waals surface area contributed by atoms with Crippen molar-refractivity contribution < 1.29 is 14.6 Å². The molecule has 1 aliphatic rings. The third-order valence-electron chi connectivity index (χ3n) is 4.32. The van der Waals surface area contributed by atoms with E-state index in [1.54, 1.807) is 4.90 Å². The minimum atomic E-state index is -0.478. The van der Waals surface area contributed by atoms with E-state index in [1.165, 1.54) is 0 Å². The highest BCUT2D eigenvalue weighted by atomic mass is 79.9. The number of rotatable bonds is 2. The molecule has 0 bridgehead atoms. The van der Waals surface area contributed by atoms with Crippen molar-refractivity contribution in [2.75, 3.05) is 26.2 Å². The Hall–Kier alpha value is -1.38. The first-order valence-corrected chi connectivity index (χ1v) is 10.4. The first kappa shape index (κ1) is 20.4. The van der Waals surface area contributed by atoms with E-state index in [2.05, 4.69) is 41.7 Å². The zero-order valence-corrected chi connectivity index (χ0v) is 18.8. The number of benzene rings is 1. The maximum atomic E-state index is 12.2. The molecule has 0 unspecified atom stereocenters. The molecule has 0 radical (unpaired) electrons. The number of phenolic OH excluding ortho intramolecular Hbond substituents is 1. The number of hydrogen-bond acceptors (Lipinski definition) is 5. The van der Waals surface area contributed by atoms with Crippen molar-refractivity contribution in [1.82, 2.24) is 14.8 Å². The number of amides is 1. The van der Waals surface area contributed by atoms with Crippen molar-refractivity contribution in [3.63, 3.8) is 0 Å². The van der Waals surface area contributed by atoms with Gasteiger partial charge in [0.1, 0.15) is 11.1 Å². The normalized spacial score (nSPS) is 16.0. The number of halogens is 2. The van der Waals surface area contributed by atoms with E-state index in [9.17, 15) is 9.90 Å². The molecule has 1 N–H and O–H groups in total. The lowest BCUT2D eigenvalue weighted by Crippen LogP contribution is -2.49. The number of hydrogen-bond donors (Lipinski definition) is 1. The maximum absolute atomic E-state index is 12.2. The Bertz CT molecular complexity index is 859. The van der Waals surface area contributed by atoms with E-state index in [-0.39, 0.29) is 11.8 Å². The molecule has 0 atom stereocenters. The van der Waals surface area contributed by atoms with Crippen molar-refractivity contribution in [3.8, 4) is 5.75 Å². The Kier molecular flexibility index (Phi) is 5.98. The second-order valence-electron chi connectivity index (χ2n) is 7.63. The highest BCUT2D eigenvalue weighted by Crippen LogP contribution is 2.36. The predicted molar refractivity (Wildman–Crippen MR) is 112 cm³/mol. The van der Waals surface area contributed by atoms with Gasteiger partial charge in [-0.2, -0.15) is 0 Å². The highest BCUT2D eigenvalue weighted by molar-refractivity contribution is 9.11. The SMILES string of the molecule is CC(C)(C)OC(=O)N1CCN(Cc2ccc3c(Br)cc(Br)c(O)c3n2)CC1. The van der Waals surface area contributed by atoms with Gasteiger partial charge in [-0.3, -0.25) is 4.90 Å². The van der Waals surface area contributed by atoms with Crippen LogP contribution in [0.15, 0.2) is 27.1 Å². The van der Waals surface area contributed by atoms with Crippen LogP contribution in [-0.2, 0) is 11.3 Å². The molecule has 1 aliphatic heterocycles. The topological polar surface area (TPSA) is 65.9 Å². The summed E-state index contributed by atoms with van der Waals surface area (Å²) in [4.78, 5) is 20.8. The summed E-state index contributed by atoms with van der Waals surface area (Å²) in [6, 6.07) is 5.75. The molecule has 6 nitrogen and oxygen atoms in total. The monoisotopic (exact) mass is 499 g/mol. The van der Waals surface area contributed by atoms with Gasteiger partial charge in [-0.1, -0.05) is 15.9 Å². The Morgan fingerprint density at radius 3 is 2.48 bits per heavy atom. The zero-order valence-electron chi connectivity index (χ0n) is 15.6. The number of phenols is 1. The molecular weight excluding hydrogens is 478 g/mol. The van der Waals surface area contributed by atoms with E-state index in [4.69, 9.17) is 4.74 Å². The summed E-state index contributed by atoms with van der Waals surface area (Å²) >= 11 is 6.86. The molecule has 2 heterocycles. The number of carbonyl (C=O) groups excluding carboxylic acids is 1. The molecule has 27 heavy (non-hydrogen) atoms. The summed E-state index contributed by atoms with van der Waals surface area (Å²) in [5, 5.41) is 11.2. The van der Waals surface area contributed by atoms with Gasteiger partial charge in [-0.25, -0.2) is 9.78 Å². The molecule has 0 aliphatic carbocycles. The summed E-state index contributed by atoms with van der Waals surface area (Å²) in [6.45, 7) is 9.06. The van der Waals surface area contributed by atoms with Crippen molar-refractivity contribution in [3.05, 3.63) is 32.8 Å². The van der Waals surface area contributed by atoms with Crippen molar-refractivity contribution in [2.45, 2.75) is 32.9 Å². The first-order valence-electron chi connectivity index (χ1n) is 8.81. The summed E-state index contributed by atoms with van der Waals surface area (Å²) in [5.74, 6) is 0.143. The van der Waals surface area contributed by atoms with Gasteiger partial charge in [0.2, 0.25) is 0 Å². The lowest BCUT2D eigenvalue weighted by atomic mass is 10.2. The fraction of sp³-hybridized carbons (Fsp3) is 0.474. The lowest BCUT2D eigenvalue weighted by Gasteiger charge is -2.35.